The van der Waals surface area contributed by atoms with Gasteiger partial charge in [-0.1, -0.05) is 5.43 Å². The molecule has 0 radical (unpaired) electrons. The summed E-state index contributed by atoms with van der Waals surface area (Å²) in [6.45, 7) is 0.623. The molecule has 1 amide bonds. The maximum Gasteiger partial charge on any atom is 0.490 e. The summed E-state index contributed by atoms with van der Waals surface area (Å²) in [5.41, 5.74) is 12.5. The lowest BCUT2D eigenvalue weighted by atomic mass is 10.1. The largest absolute Gasteiger partial charge is 0.490 e. The molecule has 8 N–H and O–H groups in total. The Labute approximate surface area is 145 Å². The fourth-order valence-corrected chi connectivity index (χ4v) is 1.19. The molecule has 0 aromatic heterocycles. The van der Waals surface area contributed by atoms with Crippen molar-refractivity contribution in [1.29, 1.82) is 0 Å². The van der Waals surface area contributed by atoms with Crippen LogP contribution in [0.4, 0.5) is 13.2 Å². The molecule has 0 rings (SSSR count). The minimum Gasteiger partial charge on any atom is -0.475 e. The van der Waals surface area contributed by atoms with Gasteiger partial charge in [-0.2, -0.15) is 13.2 Å². The van der Waals surface area contributed by atoms with E-state index >= 15 is 0 Å². The number of aliphatic imine (C=N–C) groups is 1. The number of carboxylic acid groups (broad SMARTS) is 1. The molecule has 1 atom stereocenters. The molecule has 0 fully saturated rings. The molecule has 0 aromatic carbocycles. The Morgan fingerprint density at radius 2 is 1.85 bits per heavy atom. The SMILES string of the molecule is NC(=NCCC[C@H](N)C(=O)NCCCO)N[N+](=O)[O-].O=C(O)C(F)(F)F. The van der Waals surface area contributed by atoms with E-state index in [-0.39, 0.29) is 25.0 Å². The topological polar surface area (TPSA) is 206 Å². The van der Waals surface area contributed by atoms with Gasteiger partial charge >= 0.3 is 12.1 Å². The summed E-state index contributed by atoms with van der Waals surface area (Å²) in [7, 11) is 0. The minimum absolute atomic E-state index is 0.00690. The number of halogens is 3. The molecule has 0 aliphatic rings. The Balaban J connectivity index is 0. The second-order valence-electron chi connectivity index (χ2n) is 4.56. The van der Waals surface area contributed by atoms with Gasteiger partial charge in [-0.25, -0.2) is 19.9 Å². The molecule has 0 heterocycles. The highest BCUT2D eigenvalue weighted by molar-refractivity contribution is 5.81. The van der Waals surface area contributed by atoms with Crippen LogP contribution in [0.3, 0.4) is 0 Å². The van der Waals surface area contributed by atoms with Crippen molar-refractivity contribution in [2.24, 2.45) is 16.5 Å². The molecule has 0 bridgehead atoms. The van der Waals surface area contributed by atoms with Crippen molar-refractivity contribution in [3.8, 4) is 0 Å². The number of guanidine groups is 1. The molecule has 0 aliphatic heterocycles. The van der Waals surface area contributed by atoms with Crippen molar-refractivity contribution in [2.75, 3.05) is 19.7 Å². The Hall–Kier alpha value is -2.68. The first-order valence-corrected chi connectivity index (χ1v) is 7.07. The highest BCUT2D eigenvalue weighted by atomic mass is 19.4. The molecular formula is C11H21F3N6O6. The Bertz CT molecular complexity index is 488. The number of alkyl halides is 3. The number of carbonyl (C=O) groups is 2. The van der Waals surface area contributed by atoms with E-state index in [0.717, 1.165) is 0 Å². The highest BCUT2D eigenvalue weighted by Crippen LogP contribution is 2.13. The monoisotopic (exact) mass is 390 g/mol. The van der Waals surface area contributed by atoms with Crippen molar-refractivity contribution in [1.82, 2.24) is 10.7 Å². The number of hydrazine groups is 1. The summed E-state index contributed by atoms with van der Waals surface area (Å²) in [5.74, 6) is -3.34. The van der Waals surface area contributed by atoms with E-state index in [0.29, 0.717) is 25.8 Å². The molecule has 0 aliphatic carbocycles. The van der Waals surface area contributed by atoms with E-state index in [9.17, 15) is 28.1 Å². The van der Waals surface area contributed by atoms with Gasteiger partial charge in [-0.05, 0) is 19.3 Å². The third-order valence-corrected chi connectivity index (χ3v) is 2.37. The number of amides is 1. The normalized spacial score (nSPS) is 12.4. The van der Waals surface area contributed by atoms with Crippen LogP contribution in [0, 0.1) is 10.1 Å². The van der Waals surface area contributed by atoms with E-state index in [1.54, 1.807) is 5.43 Å². The first kappa shape index (κ1) is 25.6. The number of hydrogen-bond acceptors (Lipinski definition) is 7. The van der Waals surface area contributed by atoms with Crippen LogP contribution >= 0.6 is 0 Å². The molecule has 0 saturated carbocycles. The van der Waals surface area contributed by atoms with Crippen LogP contribution in [0.25, 0.3) is 0 Å². The van der Waals surface area contributed by atoms with Crippen molar-refractivity contribution in [3.05, 3.63) is 10.1 Å². The van der Waals surface area contributed by atoms with E-state index in [1.807, 2.05) is 0 Å². The van der Waals surface area contributed by atoms with E-state index in [1.165, 1.54) is 0 Å². The van der Waals surface area contributed by atoms with Crippen molar-refractivity contribution < 1.29 is 38.0 Å². The maximum atomic E-state index is 11.4. The van der Waals surface area contributed by atoms with Gasteiger partial charge in [-0.15, -0.1) is 0 Å². The molecule has 152 valence electrons. The predicted octanol–water partition coefficient (Wildman–Crippen LogP) is -1.68. The first-order valence-electron chi connectivity index (χ1n) is 7.07. The van der Waals surface area contributed by atoms with Crippen LogP contribution in [0.15, 0.2) is 4.99 Å². The van der Waals surface area contributed by atoms with Crippen molar-refractivity contribution >= 4 is 17.8 Å². The molecule has 0 spiro atoms. The zero-order valence-corrected chi connectivity index (χ0v) is 13.5. The predicted molar refractivity (Wildman–Crippen MR) is 82.2 cm³/mol. The number of nitrogens with zero attached hydrogens (tertiary/aromatic N) is 2. The summed E-state index contributed by atoms with van der Waals surface area (Å²) in [5, 5.41) is 27.4. The van der Waals surface area contributed by atoms with Crippen molar-refractivity contribution in [3.63, 3.8) is 0 Å². The Morgan fingerprint density at radius 1 is 1.31 bits per heavy atom. The van der Waals surface area contributed by atoms with Gasteiger partial charge in [0.2, 0.25) is 5.91 Å². The van der Waals surface area contributed by atoms with E-state index < -0.39 is 23.2 Å². The average molecular weight is 390 g/mol. The molecule has 0 unspecified atom stereocenters. The summed E-state index contributed by atoms with van der Waals surface area (Å²) >= 11 is 0. The fraction of sp³-hybridized carbons (Fsp3) is 0.727. The number of nitrogens with two attached hydrogens (primary N) is 2. The maximum absolute atomic E-state index is 11.4. The van der Waals surface area contributed by atoms with Gasteiger partial charge in [0, 0.05) is 19.7 Å². The second kappa shape index (κ2) is 13.6. The highest BCUT2D eigenvalue weighted by Gasteiger charge is 2.38. The van der Waals surface area contributed by atoms with E-state index in [4.69, 9.17) is 26.5 Å². The van der Waals surface area contributed by atoms with Gasteiger partial charge in [0.15, 0.2) is 5.03 Å². The molecule has 15 heteroatoms. The van der Waals surface area contributed by atoms with Crippen LogP contribution in [0.5, 0.6) is 0 Å². The van der Waals surface area contributed by atoms with Crippen LogP contribution < -0.4 is 22.2 Å². The summed E-state index contributed by atoms with van der Waals surface area (Å²) in [6.07, 6.45) is -3.74. The average Bonchev–Trinajstić information content (AvgIpc) is 2.50. The quantitative estimate of drug-likeness (QED) is 0.0872. The molecular weight excluding hydrogens is 369 g/mol. The summed E-state index contributed by atoms with van der Waals surface area (Å²) in [6, 6.07) is -0.668. The number of nitrogens with one attached hydrogen (secondary N) is 2. The van der Waals surface area contributed by atoms with Crippen LogP contribution in [-0.4, -0.2) is 65.0 Å². The number of carboxylic acids is 1. The van der Waals surface area contributed by atoms with Crippen molar-refractivity contribution in [2.45, 2.75) is 31.5 Å². The van der Waals surface area contributed by atoms with Gasteiger partial charge in [0.25, 0.3) is 5.96 Å². The fourth-order valence-electron chi connectivity index (χ4n) is 1.19. The van der Waals surface area contributed by atoms with Gasteiger partial charge in [0.1, 0.15) is 0 Å². The molecule has 12 nitrogen and oxygen atoms in total. The van der Waals surface area contributed by atoms with Crippen LogP contribution in [0.1, 0.15) is 19.3 Å². The lowest BCUT2D eigenvalue weighted by Gasteiger charge is -2.11. The number of aliphatic hydroxyl groups excluding tert-OH is 1. The number of hydrogen-bond donors (Lipinski definition) is 6. The molecule has 26 heavy (non-hydrogen) atoms. The third kappa shape index (κ3) is 16.2. The first-order chi connectivity index (χ1) is 11.9. The zero-order chi connectivity index (χ0) is 20.8. The Kier molecular flexibility index (Phi) is 13.4. The smallest absolute Gasteiger partial charge is 0.475 e. The standard InChI is InChI=1S/C9H20N6O4.C2HF3O2/c10-7(8(17)12-5-2-6-16)3-1-4-13-9(11)14-15(18)19;3-2(4,5)1(6)7/h7,16H,1-6,10H2,(H,12,17)(H3,11,13,14);(H,6,7)/t7-;/m0./s1. The third-order valence-electron chi connectivity index (χ3n) is 2.37. The summed E-state index contributed by atoms with van der Waals surface area (Å²) < 4.78 is 31.7. The second-order valence-corrected chi connectivity index (χ2v) is 4.56. The molecule has 0 aromatic rings. The number of carbonyl (C=O) groups excluding carboxylic acids is 1. The Morgan fingerprint density at radius 3 is 2.27 bits per heavy atom. The van der Waals surface area contributed by atoms with Gasteiger partial charge in [0.05, 0.1) is 6.04 Å². The molecule has 0 saturated heterocycles. The lowest BCUT2D eigenvalue weighted by Crippen LogP contribution is -2.41. The minimum atomic E-state index is -5.08. The van der Waals surface area contributed by atoms with E-state index in [2.05, 4.69) is 10.3 Å². The number of aliphatic hydroxyl groups is 1. The van der Waals surface area contributed by atoms with Gasteiger partial charge in [-0.3, -0.25) is 4.79 Å². The van der Waals surface area contributed by atoms with Gasteiger partial charge < -0.3 is 27.0 Å². The number of nitro groups is 1. The zero-order valence-electron chi connectivity index (χ0n) is 13.5. The summed E-state index contributed by atoms with van der Waals surface area (Å²) in [4.78, 5) is 34.0. The van der Waals surface area contributed by atoms with Crippen LogP contribution in [0.2, 0.25) is 0 Å². The number of aliphatic carboxylic acids is 1. The number of rotatable bonds is 9. The van der Waals surface area contributed by atoms with Crippen LogP contribution in [-0.2, 0) is 9.59 Å². The lowest BCUT2D eigenvalue weighted by molar-refractivity contribution is -0.525.